The Morgan fingerprint density at radius 2 is 1.89 bits per heavy atom. The van der Waals surface area contributed by atoms with Gasteiger partial charge in [0, 0.05) is 36.8 Å². The Morgan fingerprint density at radius 1 is 1.18 bits per heavy atom. The molecule has 0 radical (unpaired) electrons. The minimum atomic E-state index is -4.78. The van der Waals surface area contributed by atoms with Crippen molar-refractivity contribution >= 4 is 21.6 Å². The lowest BCUT2D eigenvalue weighted by molar-refractivity contribution is -0.143. The van der Waals surface area contributed by atoms with Crippen LogP contribution >= 0.6 is 0 Å². The Bertz CT molecular complexity index is 1810. The lowest BCUT2D eigenvalue weighted by Crippen LogP contribution is -2.55. The molecule has 2 atom stereocenters. The molecule has 44 heavy (non-hydrogen) atoms. The molecule has 4 aromatic rings. The Morgan fingerprint density at radius 3 is 2.48 bits per heavy atom. The third-order valence-electron chi connectivity index (χ3n) is 7.85. The number of rotatable bonds is 7. The molecule has 1 aliphatic rings. The van der Waals surface area contributed by atoms with E-state index in [2.05, 4.69) is 10.1 Å². The Labute approximate surface area is 251 Å². The second-order valence-corrected chi connectivity index (χ2v) is 12.2. The molecule has 1 saturated heterocycles. The van der Waals surface area contributed by atoms with Crippen molar-refractivity contribution < 1.29 is 36.2 Å². The summed E-state index contributed by atoms with van der Waals surface area (Å²) in [5, 5.41) is 19.4. The van der Waals surface area contributed by atoms with Crippen molar-refractivity contribution in [1.82, 2.24) is 24.4 Å². The molecule has 2 aromatic heterocycles. The molecule has 15 heteroatoms. The van der Waals surface area contributed by atoms with Crippen LogP contribution in [0.2, 0.25) is 0 Å². The van der Waals surface area contributed by atoms with Gasteiger partial charge in [0.25, 0.3) is 5.91 Å². The van der Waals surface area contributed by atoms with E-state index in [1.807, 2.05) is 4.90 Å². The number of aliphatic hydroxyl groups is 1. The van der Waals surface area contributed by atoms with Crippen molar-refractivity contribution in [1.29, 1.82) is 0 Å². The van der Waals surface area contributed by atoms with Crippen LogP contribution in [0.5, 0.6) is 5.75 Å². The average Bonchev–Trinajstić information content (AvgIpc) is 3.39. The van der Waals surface area contributed by atoms with Gasteiger partial charge in [-0.3, -0.25) is 9.69 Å². The summed E-state index contributed by atoms with van der Waals surface area (Å²) >= 11 is 0. The monoisotopic (exact) mass is 632 g/mol. The summed E-state index contributed by atoms with van der Waals surface area (Å²) < 4.78 is 72.5. The Balaban J connectivity index is 1.47. The van der Waals surface area contributed by atoms with Crippen molar-refractivity contribution in [3.63, 3.8) is 0 Å². The van der Waals surface area contributed by atoms with Gasteiger partial charge in [0.2, 0.25) is 10.0 Å². The second kappa shape index (κ2) is 11.8. The number of nitrogens with zero attached hydrogens (tertiary/aromatic N) is 5. The molecule has 3 heterocycles. The van der Waals surface area contributed by atoms with E-state index in [9.17, 15) is 31.5 Å². The largest absolute Gasteiger partial charge is 0.497 e. The highest BCUT2D eigenvalue weighted by molar-refractivity contribution is 7.89. The molecule has 0 saturated carbocycles. The molecule has 1 fully saturated rings. The fourth-order valence-corrected chi connectivity index (χ4v) is 6.21. The highest BCUT2D eigenvalue weighted by Crippen LogP contribution is 2.37. The zero-order valence-electron chi connectivity index (χ0n) is 24.1. The molecule has 3 N–H and O–H groups in total. The van der Waals surface area contributed by atoms with Crippen LogP contribution in [-0.4, -0.2) is 83.2 Å². The number of ether oxygens (including phenoxy) is 1. The highest BCUT2D eigenvalue weighted by Gasteiger charge is 2.40. The highest BCUT2D eigenvalue weighted by atomic mass is 32.2. The molecular weight excluding hydrogens is 601 g/mol. The van der Waals surface area contributed by atoms with E-state index in [0.717, 1.165) is 6.20 Å². The number of carbonyl (C=O) groups excluding carboxylic acids is 1. The molecule has 5 rings (SSSR count). The summed E-state index contributed by atoms with van der Waals surface area (Å²) in [5.74, 6) is -0.00786. The quantitative estimate of drug-likeness (QED) is 0.316. The number of sulfonamides is 1. The van der Waals surface area contributed by atoms with E-state index in [0.29, 0.717) is 34.5 Å². The number of nitrogens with two attached hydrogens (primary N) is 1. The van der Waals surface area contributed by atoms with E-state index in [4.69, 9.17) is 9.88 Å². The maximum Gasteiger partial charge on any atom is 0.433 e. The van der Waals surface area contributed by atoms with Crippen molar-refractivity contribution in [3.8, 4) is 17.0 Å². The zero-order chi connectivity index (χ0) is 32.0. The first-order valence-corrected chi connectivity index (χ1v) is 15.2. The molecular formula is C29H31F3N6O5S. The summed E-state index contributed by atoms with van der Waals surface area (Å²) in [7, 11) is -2.47. The number of alkyl halides is 3. The fourth-order valence-electron chi connectivity index (χ4n) is 5.64. The van der Waals surface area contributed by atoms with Gasteiger partial charge in [0.15, 0.2) is 11.3 Å². The van der Waals surface area contributed by atoms with Crippen LogP contribution in [0, 0.1) is 6.92 Å². The van der Waals surface area contributed by atoms with E-state index in [1.165, 1.54) is 37.1 Å². The van der Waals surface area contributed by atoms with E-state index >= 15 is 0 Å². The average molecular weight is 633 g/mol. The predicted octanol–water partition coefficient (Wildman–Crippen LogP) is 3.26. The van der Waals surface area contributed by atoms with Gasteiger partial charge in [-0.15, -0.1) is 0 Å². The Hall–Kier alpha value is -4.05. The van der Waals surface area contributed by atoms with Crippen molar-refractivity contribution in [2.75, 3.05) is 33.4 Å². The molecule has 0 unspecified atom stereocenters. The first kappa shape index (κ1) is 31.4. The number of primary sulfonamides is 1. The molecule has 0 spiro atoms. The molecule has 1 aliphatic heterocycles. The number of fused-ring (bicyclic) bond motifs is 1. The lowest BCUT2D eigenvalue weighted by Gasteiger charge is -2.43. The number of methoxy groups -OCH3 is 1. The van der Waals surface area contributed by atoms with Gasteiger partial charge in [-0.1, -0.05) is 12.1 Å². The van der Waals surface area contributed by atoms with Gasteiger partial charge in [-0.25, -0.2) is 23.1 Å². The fraction of sp³-hybridized carbons (Fsp3) is 0.345. The van der Waals surface area contributed by atoms with Gasteiger partial charge in [-0.05, 0) is 55.8 Å². The maximum atomic E-state index is 14.3. The van der Waals surface area contributed by atoms with Crippen molar-refractivity contribution in [2.45, 2.75) is 37.0 Å². The number of aromatic nitrogens is 3. The Kier molecular flexibility index (Phi) is 8.41. The summed E-state index contributed by atoms with van der Waals surface area (Å²) in [6.45, 7) is 3.57. The van der Waals surface area contributed by atoms with E-state index in [-0.39, 0.29) is 40.5 Å². The number of piperazine rings is 1. The van der Waals surface area contributed by atoms with Crippen molar-refractivity contribution in [2.24, 2.45) is 5.14 Å². The standard InChI is InChI=1S/C29H31F3N6O5S/c1-17-15-36(24(16-39)20-5-4-6-22(13-20)44(33,41)42)11-12-37(17)28(40)23-14-34-38-26(29(30,31)32)18(2)25(35-27(23)38)19-7-9-21(43-3)10-8-19/h4-10,13-14,17,24,39H,11-12,15-16H2,1-3H3,(H2,33,41,42)/t17-,24-/m1/s1. The number of carbonyl (C=O) groups is 1. The number of halogens is 3. The van der Waals surface area contributed by atoms with Crippen molar-refractivity contribution in [3.05, 3.63) is 77.1 Å². The molecule has 2 aromatic carbocycles. The zero-order valence-corrected chi connectivity index (χ0v) is 24.9. The molecule has 234 valence electrons. The summed E-state index contributed by atoms with van der Waals surface area (Å²) in [4.78, 5) is 21.7. The van der Waals surface area contributed by atoms with Gasteiger partial charge in [0.1, 0.15) is 11.3 Å². The summed E-state index contributed by atoms with van der Waals surface area (Å²) in [6, 6.07) is 11.4. The first-order chi connectivity index (χ1) is 20.7. The number of hydrogen-bond donors (Lipinski definition) is 2. The van der Waals surface area contributed by atoms with E-state index < -0.39 is 39.9 Å². The van der Waals surface area contributed by atoms with Crippen LogP contribution in [0.15, 0.2) is 59.6 Å². The number of aliphatic hydroxyl groups excluding tert-OH is 1. The molecule has 0 aliphatic carbocycles. The topological polar surface area (TPSA) is 143 Å². The maximum absolute atomic E-state index is 14.3. The normalized spacial score (nSPS) is 17.2. The first-order valence-electron chi connectivity index (χ1n) is 13.6. The van der Waals surface area contributed by atoms with Crippen LogP contribution in [0.3, 0.4) is 0 Å². The van der Waals surface area contributed by atoms with Crippen LogP contribution in [0.1, 0.15) is 40.1 Å². The molecule has 1 amide bonds. The minimum absolute atomic E-state index is 0.0624. The summed E-state index contributed by atoms with van der Waals surface area (Å²) in [5.41, 5.74) is -0.448. The van der Waals surface area contributed by atoms with Crippen LogP contribution in [0.4, 0.5) is 13.2 Å². The van der Waals surface area contributed by atoms with E-state index in [1.54, 1.807) is 37.3 Å². The van der Waals surface area contributed by atoms with Gasteiger partial charge in [0.05, 0.1) is 36.5 Å². The molecule has 0 bridgehead atoms. The minimum Gasteiger partial charge on any atom is -0.497 e. The van der Waals surface area contributed by atoms with Gasteiger partial charge >= 0.3 is 6.18 Å². The number of benzene rings is 2. The lowest BCUT2D eigenvalue weighted by atomic mass is 10.0. The van der Waals surface area contributed by atoms with Gasteiger partial charge < -0.3 is 14.7 Å². The molecule has 11 nitrogen and oxygen atoms in total. The number of amides is 1. The summed E-state index contributed by atoms with van der Waals surface area (Å²) in [6.07, 6.45) is -3.68. The van der Waals surface area contributed by atoms with Gasteiger partial charge in [-0.2, -0.15) is 18.3 Å². The van der Waals surface area contributed by atoms with Crippen LogP contribution in [0.25, 0.3) is 16.9 Å². The smallest absolute Gasteiger partial charge is 0.433 e. The second-order valence-electron chi connectivity index (χ2n) is 10.6. The predicted molar refractivity (Wildman–Crippen MR) is 154 cm³/mol. The third kappa shape index (κ3) is 5.87. The third-order valence-corrected chi connectivity index (χ3v) is 8.76. The van der Waals surface area contributed by atoms with Crippen LogP contribution in [-0.2, 0) is 16.2 Å². The SMILES string of the molecule is COc1ccc(-c2nc3c(C(=O)N4CCN([C@H](CO)c5cccc(S(N)(=O)=O)c5)C[C@H]4C)cnn3c(C(F)(F)F)c2C)cc1. The van der Waals surface area contributed by atoms with Crippen LogP contribution < -0.4 is 9.88 Å². The number of hydrogen-bond acceptors (Lipinski definition) is 8.